The van der Waals surface area contributed by atoms with Crippen molar-refractivity contribution in [3.05, 3.63) is 112 Å². The van der Waals surface area contributed by atoms with Crippen LogP contribution in [0.1, 0.15) is 87.3 Å². The van der Waals surface area contributed by atoms with Crippen LogP contribution in [0.15, 0.2) is 95.0 Å². The van der Waals surface area contributed by atoms with Crippen molar-refractivity contribution < 1.29 is 15.0 Å². The summed E-state index contributed by atoms with van der Waals surface area (Å²) in [6, 6.07) is 16.8. The number of fused-ring (bicyclic) bond motifs is 1. The van der Waals surface area contributed by atoms with E-state index in [1.807, 2.05) is 56.0 Å². The lowest BCUT2D eigenvalue weighted by Crippen LogP contribution is -2.20. The second-order valence-electron chi connectivity index (χ2n) is 14.0. The molecule has 5 rings (SSSR count). The highest BCUT2D eigenvalue weighted by Crippen LogP contribution is 2.53. The second kappa shape index (κ2) is 17.0. The highest BCUT2D eigenvalue weighted by Gasteiger charge is 2.44. The maximum Gasteiger partial charge on any atom is 0.303 e. The predicted octanol–water partition coefficient (Wildman–Crippen LogP) is 9.27. The summed E-state index contributed by atoms with van der Waals surface area (Å²) in [4.78, 5) is 16.3. The normalized spacial score (nSPS) is 20.3. The molecule has 0 radical (unpaired) electrons. The first-order valence-electron chi connectivity index (χ1n) is 16.8. The molecule has 47 heavy (non-hydrogen) atoms. The third kappa shape index (κ3) is 11.6. The number of nitrogens with two attached hydrogens (primary N) is 1. The van der Waals surface area contributed by atoms with Crippen LogP contribution in [0, 0.1) is 17.3 Å². The van der Waals surface area contributed by atoms with E-state index < -0.39 is 11.6 Å². The van der Waals surface area contributed by atoms with Gasteiger partial charge in [-0.1, -0.05) is 92.2 Å². The van der Waals surface area contributed by atoms with Crippen LogP contribution in [-0.4, -0.2) is 40.2 Å². The first-order chi connectivity index (χ1) is 22.4. The summed E-state index contributed by atoms with van der Waals surface area (Å²) >= 11 is 8.03. The molecule has 2 unspecified atom stereocenters. The Balaban J connectivity index is 0.000000762. The number of halogens is 1. The fraction of sp³-hybridized carbons (Fsp3) is 0.450. The maximum absolute atomic E-state index is 11.5. The van der Waals surface area contributed by atoms with E-state index >= 15 is 0 Å². The van der Waals surface area contributed by atoms with E-state index in [2.05, 4.69) is 74.6 Å². The molecule has 1 saturated carbocycles. The van der Waals surface area contributed by atoms with Crippen molar-refractivity contribution in [2.75, 3.05) is 12.3 Å². The molecule has 2 aromatic rings. The number of allylic oxidation sites excluding steroid dienone is 4. The molecule has 1 heterocycles. The molecule has 5 nitrogen and oxygen atoms in total. The van der Waals surface area contributed by atoms with Gasteiger partial charge < -0.3 is 15.9 Å². The van der Waals surface area contributed by atoms with Gasteiger partial charge in [0.25, 0.3) is 0 Å². The Kier molecular flexibility index (Phi) is 13.3. The average molecular weight is 675 g/mol. The molecule has 7 heteroatoms. The molecule has 0 bridgehead atoms. The molecule has 2 aliphatic carbocycles. The van der Waals surface area contributed by atoms with E-state index in [1.54, 1.807) is 0 Å². The number of carboxylic acid groups (broad SMARTS) is 1. The minimum Gasteiger partial charge on any atom is -0.481 e. The lowest BCUT2D eigenvalue weighted by atomic mass is 9.90. The summed E-state index contributed by atoms with van der Waals surface area (Å²) in [7, 11) is 0. The zero-order valence-corrected chi connectivity index (χ0v) is 29.8. The van der Waals surface area contributed by atoms with Gasteiger partial charge in [-0.3, -0.25) is 9.79 Å². The van der Waals surface area contributed by atoms with Crippen LogP contribution in [0.2, 0.25) is 0 Å². The molecule has 0 amide bonds. The van der Waals surface area contributed by atoms with Gasteiger partial charge >= 0.3 is 5.97 Å². The van der Waals surface area contributed by atoms with Gasteiger partial charge in [0.2, 0.25) is 0 Å². The van der Waals surface area contributed by atoms with Crippen LogP contribution in [0.5, 0.6) is 0 Å². The Morgan fingerprint density at radius 2 is 1.85 bits per heavy atom. The van der Waals surface area contributed by atoms with Crippen molar-refractivity contribution in [2.24, 2.45) is 28.0 Å². The first kappa shape index (κ1) is 36.9. The number of aliphatic imine (C=N–C) groups is 1. The summed E-state index contributed by atoms with van der Waals surface area (Å²) in [5.74, 6) is 1.15. The van der Waals surface area contributed by atoms with E-state index in [4.69, 9.17) is 22.3 Å². The molecule has 3 atom stereocenters. The summed E-state index contributed by atoms with van der Waals surface area (Å²) in [5, 5.41) is 21.2. The van der Waals surface area contributed by atoms with Gasteiger partial charge in [-0.25, -0.2) is 0 Å². The minimum atomic E-state index is -0.955. The molecule has 3 aliphatic rings. The molecule has 252 valence electrons. The van der Waals surface area contributed by atoms with Gasteiger partial charge in [-0.15, -0.1) is 0 Å². The summed E-state index contributed by atoms with van der Waals surface area (Å²) in [6.07, 6.45) is 19.5. The molecule has 1 aliphatic heterocycles. The smallest absolute Gasteiger partial charge is 0.303 e. The zero-order valence-electron chi connectivity index (χ0n) is 28.2. The lowest BCUT2D eigenvalue weighted by molar-refractivity contribution is -0.138. The van der Waals surface area contributed by atoms with Crippen molar-refractivity contribution >= 4 is 41.1 Å². The number of thioether (sulfide) groups is 1. The van der Waals surface area contributed by atoms with Gasteiger partial charge in [-0.2, -0.15) is 11.8 Å². The van der Waals surface area contributed by atoms with Gasteiger partial charge in [0.05, 0.1) is 23.8 Å². The van der Waals surface area contributed by atoms with Crippen molar-refractivity contribution in [3.63, 3.8) is 0 Å². The van der Waals surface area contributed by atoms with Crippen LogP contribution < -0.4 is 5.73 Å². The number of carboxylic acids is 1. The van der Waals surface area contributed by atoms with Crippen LogP contribution in [0.25, 0.3) is 6.08 Å². The van der Waals surface area contributed by atoms with Crippen LogP contribution in [0.4, 0.5) is 0 Å². The number of hydrogen-bond acceptors (Lipinski definition) is 5. The van der Waals surface area contributed by atoms with E-state index in [-0.39, 0.29) is 29.0 Å². The van der Waals surface area contributed by atoms with E-state index in [0.29, 0.717) is 0 Å². The Hall–Kier alpha value is -2.90. The highest BCUT2D eigenvalue weighted by molar-refractivity contribution is 7.99. The maximum atomic E-state index is 11.5. The number of aryl methyl sites for hydroxylation is 1. The molecular weight excluding hydrogens is 624 g/mol. The van der Waals surface area contributed by atoms with Gasteiger partial charge in [-0.05, 0) is 110 Å². The van der Waals surface area contributed by atoms with Crippen molar-refractivity contribution in [1.29, 1.82) is 0 Å². The zero-order chi connectivity index (χ0) is 34.0. The van der Waals surface area contributed by atoms with Crippen LogP contribution in [-0.2, 0) is 16.8 Å². The van der Waals surface area contributed by atoms with Crippen LogP contribution >= 0.6 is 23.4 Å². The van der Waals surface area contributed by atoms with Gasteiger partial charge in [0.1, 0.15) is 0 Å². The Bertz CT molecular complexity index is 1510. The van der Waals surface area contributed by atoms with E-state index in [9.17, 15) is 15.0 Å². The number of benzene rings is 2. The molecule has 2 aromatic carbocycles. The molecule has 0 aromatic heterocycles. The Labute approximate surface area is 290 Å². The summed E-state index contributed by atoms with van der Waals surface area (Å²) < 4.78 is 0. The van der Waals surface area contributed by atoms with Crippen molar-refractivity contribution in [2.45, 2.75) is 83.1 Å². The van der Waals surface area contributed by atoms with Gasteiger partial charge in [0, 0.05) is 22.0 Å². The summed E-state index contributed by atoms with van der Waals surface area (Å²) in [6.45, 7) is 8.84. The van der Waals surface area contributed by atoms with Gasteiger partial charge in [0.15, 0.2) is 0 Å². The highest BCUT2D eigenvalue weighted by atomic mass is 35.5. The number of aliphatic hydroxyl groups is 1. The lowest BCUT2D eigenvalue weighted by Gasteiger charge is -2.27. The fourth-order valence-electron chi connectivity index (χ4n) is 5.95. The predicted molar refractivity (Wildman–Crippen MR) is 200 cm³/mol. The first-order valence-corrected chi connectivity index (χ1v) is 18.2. The number of hydrogen-bond donors (Lipinski definition) is 3. The minimum absolute atomic E-state index is 0.0509. The Morgan fingerprint density at radius 1 is 1.11 bits per heavy atom. The SMILES string of the molecule is CC(C)(O)c1ccccc1[C@H](CCc1cccc(/C=C/C2=NC3C=C(Cl)C=CC3C=C2)c1)SCC1(CC(=O)O)CC1.CC(C)CCN. The van der Waals surface area contributed by atoms with E-state index in [0.717, 1.165) is 77.8 Å². The largest absolute Gasteiger partial charge is 0.481 e. The molecule has 4 N–H and O–H groups in total. The quantitative estimate of drug-likeness (QED) is 0.186. The van der Waals surface area contributed by atoms with Crippen molar-refractivity contribution in [3.8, 4) is 0 Å². The number of nitrogens with zero attached hydrogens (tertiary/aromatic N) is 1. The van der Waals surface area contributed by atoms with Crippen molar-refractivity contribution in [1.82, 2.24) is 0 Å². The Morgan fingerprint density at radius 3 is 2.51 bits per heavy atom. The monoisotopic (exact) mass is 674 g/mol. The number of aliphatic carboxylic acids is 1. The number of rotatable bonds is 14. The fourth-order valence-corrected chi connectivity index (χ4v) is 7.76. The molecular formula is C40H51ClN2O3S. The third-order valence-electron chi connectivity index (χ3n) is 8.87. The van der Waals surface area contributed by atoms with Crippen LogP contribution in [0.3, 0.4) is 0 Å². The topological polar surface area (TPSA) is 95.9 Å². The third-order valence-corrected chi connectivity index (χ3v) is 10.8. The number of carbonyl (C=O) groups is 1. The molecule has 0 spiro atoms. The molecule has 0 saturated heterocycles. The molecule has 1 fully saturated rings. The average Bonchev–Trinajstić information content (AvgIpc) is 3.78. The second-order valence-corrected chi connectivity index (χ2v) is 15.6. The summed E-state index contributed by atoms with van der Waals surface area (Å²) in [5.41, 5.74) is 9.56. The van der Waals surface area contributed by atoms with E-state index in [1.165, 1.54) is 5.56 Å². The standard InChI is InChI=1S/C35H38ClNO3S.C5H13N/c1-34(2,40)30-9-4-3-8-29(30)32(41-23-35(18-19-35)22-33(38)39)17-11-25-7-5-6-24(20-25)10-15-28-16-13-26-12-14-27(36)21-31(26)37-28;1-5(2)3-4-6/h3-10,12-16,20-21,26,31-32,40H,11,17-19,22-23H2,1-2H3,(H,38,39);5H,3-4,6H2,1-2H3/b15-10+;/t26?,31?,32-;/m0./s1. The number of dihydropyridines is 1.